The molecule has 0 aromatic heterocycles. The molecule has 0 bridgehead atoms. The van der Waals surface area contributed by atoms with Crippen molar-refractivity contribution in [1.82, 2.24) is 4.90 Å². The molecule has 2 rings (SSSR count). The maximum Gasteiger partial charge on any atom is 0.0705 e. The molecule has 2 unspecified atom stereocenters. The van der Waals surface area contributed by atoms with Crippen LogP contribution in [0, 0.1) is 0 Å². The highest BCUT2D eigenvalue weighted by atomic mass is 16.3. The molecule has 2 heteroatoms. The van der Waals surface area contributed by atoms with Gasteiger partial charge in [-0.05, 0) is 18.9 Å². The van der Waals surface area contributed by atoms with Crippen LogP contribution in [0.1, 0.15) is 18.9 Å². The quantitative estimate of drug-likeness (QED) is 0.768. The molecule has 1 fully saturated rings. The monoisotopic (exact) mass is 191 g/mol. The van der Waals surface area contributed by atoms with Gasteiger partial charge in [0.25, 0.3) is 0 Å². The molecular weight excluding hydrogens is 174 g/mol. The van der Waals surface area contributed by atoms with E-state index in [9.17, 15) is 5.11 Å². The van der Waals surface area contributed by atoms with Crippen LogP contribution in [0.4, 0.5) is 0 Å². The maximum absolute atomic E-state index is 9.60. The third-order valence-corrected chi connectivity index (χ3v) is 3.07. The Morgan fingerprint density at radius 1 is 1.36 bits per heavy atom. The molecule has 1 heterocycles. The van der Waals surface area contributed by atoms with Crippen molar-refractivity contribution in [3.8, 4) is 0 Å². The van der Waals surface area contributed by atoms with Crippen molar-refractivity contribution in [2.45, 2.75) is 32.0 Å². The van der Waals surface area contributed by atoms with Crippen LogP contribution in [0.2, 0.25) is 0 Å². The topological polar surface area (TPSA) is 23.5 Å². The predicted molar refractivity (Wildman–Crippen MR) is 56.9 cm³/mol. The molecule has 0 saturated carbocycles. The van der Waals surface area contributed by atoms with Crippen LogP contribution >= 0.6 is 0 Å². The van der Waals surface area contributed by atoms with E-state index in [1.807, 2.05) is 6.07 Å². The first-order chi connectivity index (χ1) is 6.77. The molecule has 1 aliphatic heterocycles. The van der Waals surface area contributed by atoms with Crippen LogP contribution < -0.4 is 0 Å². The highest BCUT2D eigenvalue weighted by Gasteiger charge is 2.28. The number of hydrogen-bond acceptors (Lipinski definition) is 2. The second-order valence-corrected chi connectivity index (χ2v) is 4.05. The maximum atomic E-state index is 9.60. The van der Waals surface area contributed by atoms with Crippen LogP contribution in [0.5, 0.6) is 0 Å². The van der Waals surface area contributed by atoms with Gasteiger partial charge in [0.05, 0.1) is 6.10 Å². The minimum Gasteiger partial charge on any atom is -0.391 e. The van der Waals surface area contributed by atoms with Gasteiger partial charge in [-0.1, -0.05) is 30.3 Å². The van der Waals surface area contributed by atoms with Gasteiger partial charge >= 0.3 is 0 Å². The lowest BCUT2D eigenvalue weighted by Crippen LogP contribution is -2.31. The second kappa shape index (κ2) is 4.11. The fourth-order valence-electron chi connectivity index (χ4n) is 2.03. The van der Waals surface area contributed by atoms with E-state index in [1.165, 1.54) is 5.56 Å². The Bertz CT molecular complexity index is 286. The largest absolute Gasteiger partial charge is 0.391 e. The van der Waals surface area contributed by atoms with Crippen molar-refractivity contribution in [2.75, 3.05) is 6.54 Å². The number of rotatable bonds is 2. The summed E-state index contributed by atoms with van der Waals surface area (Å²) in [6, 6.07) is 10.7. The summed E-state index contributed by atoms with van der Waals surface area (Å²) in [5.74, 6) is 0. The van der Waals surface area contributed by atoms with Gasteiger partial charge in [-0.3, -0.25) is 4.90 Å². The molecule has 1 N–H and O–H groups in total. The van der Waals surface area contributed by atoms with E-state index in [0.717, 1.165) is 19.5 Å². The first-order valence-corrected chi connectivity index (χ1v) is 5.23. The van der Waals surface area contributed by atoms with E-state index in [1.54, 1.807) is 0 Å². The molecule has 0 radical (unpaired) electrons. The first kappa shape index (κ1) is 9.69. The summed E-state index contributed by atoms with van der Waals surface area (Å²) in [6.07, 6.45) is 0.771. The fraction of sp³-hybridized carbons (Fsp3) is 0.500. The Balaban J connectivity index is 1.99. The van der Waals surface area contributed by atoms with Crippen molar-refractivity contribution in [1.29, 1.82) is 0 Å². The van der Waals surface area contributed by atoms with E-state index >= 15 is 0 Å². The predicted octanol–water partition coefficient (Wildman–Crippen LogP) is 1.64. The Morgan fingerprint density at radius 2 is 2.07 bits per heavy atom. The Morgan fingerprint density at radius 3 is 2.64 bits per heavy atom. The van der Waals surface area contributed by atoms with Crippen molar-refractivity contribution >= 4 is 0 Å². The van der Waals surface area contributed by atoms with Gasteiger partial charge in [0.2, 0.25) is 0 Å². The van der Waals surface area contributed by atoms with Gasteiger partial charge in [0.1, 0.15) is 0 Å². The third-order valence-electron chi connectivity index (χ3n) is 3.07. The molecular formula is C12H17NO. The average molecular weight is 191 g/mol. The molecule has 0 aliphatic carbocycles. The SMILES string of the molecule is CC1C(O)CCN1Cc1ccccc1. The summed E-state index contributed by atoms with van der Waals surface area (Å²) in [5, 5.41) is 9.60. The van der Waals surface area contributed by atoms with Crippen molar-refractivity contribution in [3.63, 3.8) is 0 Å². The lowest BCUT2D eigenvalue weighted by Gasteiger charge is -2.22. The highest BCUT2D eigenvalue weighted by Crippen LogP contribution is 2.19. The fourth-order valence-corrected chi connectivity index (χ4v) is 2.03. The summed E-state index contributed by atoms with van der Waals surface area (Å²) >= 11 is 0. The highest BCUT2D eigenvalue weighted by molar-refractivity contribution is 5.14. The van der Waals surface area contributed by atoms with Crippen molar-refractivity contribution in [2.24, 2.45) is 0 Å². The minimum absolute atomic E-state index is 0.140. The average Bonchev–Trinajstić information content (AvgIpc) is 2.52. The Kier molecular flexibility index (Phi) is 2.85. The lowest BCUT2D eigenvalue weighted by atomic mass is 10.2. The van der Waals surface area contributed by atoms with E-state index < -0.39 is 0 Å². The van der Waals surface area contributed by atoms with Crippen molar-refractivity contribution in [3.05, 3.63) is 35.9 Å². The van der Waals surface area contributed by atoms with Gasteiger partial charge in [0.15, 0.2) is 0 Å². The second-order valence-electron chi connectivity index (χ2n) is 4.05. The van der Waals surface area contributed by atoms with Crippen LogP contribution in [0.3, 0.4) is 0 Å². The summed E-state index contributed by atoms with van der Waals surface area (Å²) in [5.41, 5.74) is 1.33. The standard InChI is InChI=1S/C12H17NO/c1-10-12(14)7-8-13(10)9-11-5-3-2-4-6-11/h2-6,10,12,14H,7-9H2,1H3. The molecule has 1 aromatic carbocycles. The van der Waals surface area contributed by atoms with E-state index in [-0.39, 0.29) is 6.10 Å². The van der Waals surface area contributed by atoms with E-state index in [4.69, 9.17) is 0 Å². The summed E-state index contributed by atoms with van der Waals surface area (Å²) in [6.45, 7) is 4.07. The summed E-state index contributed by atoms with van der Waals surface area (Å²) < 4.78 is 0. The molecule has 0 amide bonds. The number of likely N-dealkylation sites (tertiary alicyclic amines) is 1. The summed E-state index contributed by atoms with van der Waals surface area (Å²) in [4.78, 5) is 2.33. The first-order valence-electron chi connectivity index (χ1n) is 5.23. The zero-order chi connectivity index (χ0) is 9.97. The summed E-state index contributed by atoms with van der Waals surface area (Å²) in [7, 11) is 0. The Labute approximate surface area is 85.2 Å². The van der Waals surface area contributed by atoms with Crippen LogP contribution in [-0.2, 0) is 6.54 Å². The van der Waals surface area contributed by atoms with Gasteiger partial charge in [-0.15, -0.1) is 0 Å². The van der Waals surface area contributed by atoms with Gasteiger partial charge in [0, 0.05) is 19.1 Å². The zero-order valence-electron chi connectivity index (χ0n) is 8.56. The molecule has 1 saturated heterocycles. The van der Waals surface area contributed by atoms with Crippen LogP contribution in [0.25, 0.3) is 0 Å². The smallest absolute Gasteiger partial charge is 0.0705 e. The molecule has 2 nitrogen and oxygen atoms in total. The number of hydrogen-bond donors (Lipinski definition) is 1. The molecule has 76 valence electrons. The molecule has 14 heavy (non-hydrogen) atoms. The lowest BCUT2D eigenvalue weighted by molar-refractivity contribution is 0.123. The van der Waals surface area contributed by atoms with Gasteiger partial charge in [-0.2, -0.15) is 0 Å². The molecule has 1 aromatic rings. The van der Waals surface area contributed by atoms with Crippen LogP contribution in [0.15, 0.2) is 30.3 Å². The molecule has 2 atom stereocenters. The Hall–Kier alpha value is -0.860. The van der Waals surface area contributed by atoms with E-state index in [2.05, 4.69) is 36.1 Å². The molecule has 1 aliphatic rings. The molecule has 0 spiro atoms. The number of aliphatic hydroxyl groups excluding tert-OH is 1. The number of aliphatic hydroxyl groups is 1. The van der Waals surface area contributed by atoms with E-state index in [0.29, 0.717) is 6.04 Å². The normalized spacial score (nSPS) is 28.1. The zero-order valence-corrected chi connectivity index (χ0v) is 8.56. The van der Waals surface area contributed by atoms with Gasteiger partial charge < -0.3 is 5.11 Å². The third kappa shape index (κ3) is 1.97. The van der Waals surface area contributed by atoms with Crippen molar-refractivity contribution < 1.29 is 5.11 Å². The number of benzene rings is 1. The van der Waals surface area contributed by atoms with Gasteiger partial charge in [-0.25, -0.2) is 0 Å². The van der Waals surface area contributed by atoms with Crippen LogP contribution in [-0.4, -0.2) is 28.7 Å². The minimum atomic E-state index is -0.140. The number of nitrogens with zero attached hydrogens (tertiary/aromatic N) is 1.